The molecule has 1 fully saturated rings. The Hall–Kier alpha value is -3.74. The van der Waals surface area contributed by atoms with Gasteiger partial charge in [0.15, 0.2) is 11.3 Å². The van der Waals surface area contributed by atoms with E-state index in [0.29, 0.717) is 43.3 Å². The smallest absolute Gasteiger partial charge is 0.315 e. The summed E-state index contributed by atoms with van der Waals surface area (Å²) in [4.78, 5) is 28.3. The summed E-state index contributed by atoms with van der Waals surface area (Å²) in [5.41, 5.74) is 1.93. The van der Waals surface area contributed by atoms with Gasteiger partial charge in [-0.1, -0.05) is 0 Å². The zero-order valence-electron chi connectivity index (χ0n) is 15.5. The van der Waals surface area contributed by atoms with Crippen LogP contribution in [-0.4, -0.2) is 36.0 Å². The third kappa shape index (κ3) is 3.42. The van der Waals surface area contributed by atoms with Crippen molar-refractivity contribution < 1.29 is 14.8 Å². The van der Waals surface area contributed by atoms with E-state index < -0.39 is 9.85 Å². The third-order valence-electron chi connectivity index (χ3n) is 4.94. The number of aryl methyl sites for hydroxylation is 1. The SMILES string of the molecule is Cc1[nH+]c(N2CCN(c3ccc([N+](=O)[O-])cc3)CC2)c(C#N)c(C)c1[N+](=O)[O-]. The molecule has 10 nitrogen and oxygen atoms in total. The van der Waals surface area contributed by atoms with E-state index in [0.717, 1.165) is 5.69 Å². The van der Waals surface area contributed by atoms with Crippen molar-refractivity contribution in [1.29, 1.82) is 5.26 Å². The van der Waals surface area contributed by atoms with Crippen LogP contribution in [-0.2, 0) is 0 Å². The van der Waals surface area contributed by atoms with Crippen LogP contribution in [0.4, 0.5) is 22.9 Å². The van der Waals surface area contributed by atoms with Crippen molar-refractivity contribution in [3.8, 4) is 6.07 Å². The standard InChI is InChI=1S/C18H18N6O4/c1-12-16(11-19)18(20-13(2)17(12)24(27)28)22-9-7-21(8-10-22)14-3-5-15(6-4-14)23(25)26/h3-6H,7-10H2,1-2H3/p+1. The number of anilines is 2. The van der Waals surface area contributed by atoms with Crippen LogP contribution in [0, 0.1) is 45.4 Å². The van der Waals surface area contributed by atoms with Crippen molar-refractivity contribution in [2.75, 3.05) is 36.0 Å². The predicted octanol–water partition coefficient (Wildman–Crippen LogP) is 2.13. The molecule has 144 valence electrons. The number of H-pyrrole nitrogens is 1. The first-order chi connectivity index (χ1) is 13.3. The molecule has 1 aliphatic rings. The molecule has 0 atom stereocenters. The van der Waals surface area contributed by atoms with Crippen LogP contribution < -0.4 is 14.8 Å². The Labute approximate surface area is 160 Å². The first-order valence-electron chi connectivity index (χ1n) is 8.68. The summed E-state index contributed by atoms with van der Waals surface area (Å²) in [6.07, 6.45) is 0. The molecular formula is C18H19N6O4+. The van der Waals surface area contributed by atoms with Crippen LogP contribution >= 0.6 is 0 Å². The van der Waals surface area contributed by atoms with Crippen molar-refractivity contribution in [1.82, 2.24) is 0 Å². The molecule has 2 heterocycles. The molecule has 1 aliphatic heterocycles. The summed E-state index contributed by atoms with van der Waals surface area (Å²) >= 11 is 0. The second-order valence-corrected chi connectivity index (χ2v) is 6.56. The minimum absolute atomic E-state index is 0.0486. The Kier molecular flexibility index (Phi) is 5.08. The highest BCUT2D eigenvalue weighted by molar-refractivity contribution is 5.62. The molecule has 0 aliphatic carbocycles. The number of nitro benzene ring substituents is 1. The number of nitro groups is 2. The Bertz CT molecular complexity index is 975. The van der Waals surface area contributed by atoms with Crippen LogP contribution in [0.3, 0.4) is 0 Å². The highest BCUT2D eigenvalue weighted by atomic mass is 16.6. The quantitative estimate of drug-likeness (QED) is 0.584. The lowest BCUT2D eigenvalue weighted by Gasteiger charge is -2.32. The lowest BCUT2D eigenvalue weighted by atomic mass is 10.1. The van der Waals surface area contributed by atoms with E-state index in [-0.39, 0.29) is 16.9 Å². The van der Waals surface area contributed by atoms with Gasteiger partial charge in [-0.25, -0.2) is 4.98 Å². The van der Waals surface area contributed by atoms with Crippen LogP contribution in [0.5, 0.6) is 0 Å². The Morgan fingerprint density at radius 1 is 1.00 bits per heavy atom. The van der Waals surface area contributed by atoms with Crippen LogP contribution in [0.25, 0.3) is 0 Å². The molecule has 1 aromatic heterocycles. The predicted molar refractivity (Wildman–Crippen MR) is 101 cm³/mol. The Morgan fingerprint density at radius 3 is 2.07 bits per heavy atom. The number of aromatic amines is 1. The maximum absolute atomic E-state index is 11.3. The minimum Gasteiger partial charge on any atom is -0.364 e. The molecule has 0 bridgehead atoms. The van der Waals surface area contributed by atoms with Crippen molar-refractivity contribution in [2.24, 2.45) is 0 Å². The zero-order chi connectivity index (χ0) is 20.4. The average molecular weight is 383 g/mol. The first-order valence-corrected chi connectivity index (χ1v) is 8.68. The fraction of sp³-hybridized carbons (Fsp3) is 0.333. The van der Waals surface area contributed by atoms with Crippen molar-refractivity contribution in [2.45, 2.75) is 13.8 Å². The van der Waals surface area contributed by atoms with E-state index in [9.17, 15) is 25.5 Å². The van der Waals surface area contributed by atoms with Gasteiger partial charge in [-0.05, 0) is 19.1 Å². The molecule has 1 saturated heterocycles. The molecule has 2 aromatic rings. The van der Waals surface area contributed by atoms with Crippen LogP contribution in [0.15, 0.2) is 24.3 Å². The number of nitriles is 1. The molecule has 3 rings (SSSR count). The van der Waals surface area contributed by atoms with Crippen molar-refractivity contribution in [3.05, 3.63) is 61.3 Å². The highest BCUT2D eigenvalue weighted by Crippen LogP contribution is 2.29. The molecule has 1 N–H and O–H groups in total. The van der Waals surface area contributed by atoms with E-state index in [1.165, 1.54) is 12.1 Å². The van der Waals surface area contributed by atoms with Gasteiger partial charge in [0.2, 0.25) is 0 Å². The Morgan fingerprint density at radius 2 is 1.57 bits per heavy atom. The fourth-order valence-corrected chi connectivity index (χ4v) is 3.50. The van der Waals surface area contributed by atoms with Gasteiger partial charge in [0.1, 0.15) is 19.2 Å². The number of aromatic nitrogens is 1. The molecule has 0 spiro atoms. The van der Waals surface area contributed by atoms with Gasteiger partial charge in [-0.3, -0.25) is 25.1 Å². The molecule has 0 amide bonds. The highest BCUT2D eigenvalue weighted by Gasteiger charge is 2.32. The van der Waals surface area contributed by atoms with Crippen LogP contribution in [0.2, 0.25) is 0 Å². The summed E-state index contributed by atoms with van der Waals surface area (Å²) in [6, 6.07) is 8.49. The Balaban J connectivity index is 1.81. The third-order valence-corrected chi connectivity index (χ3v) is 4.94. The molecule has 1 aromatic carbocycles. The van der Waals surface area contributed by atoms with E-state index in [2.05, 4.69) is 16.0 Å². The van der Waals surface area contributed by atoms with Gasteiger partial charge in [-0.15, -0.1) is 0 Å². The van der Waals surface area contributed by atoms with E-state index in [4.69, 9.17) is 0 Å². The number of nitrogens with zero attached hydrogens (tertiary/aromatic N) is 5. The number of piperazine rings is 1. The lowest BCUT2D eigenvalue weighted by Crippen LogP contribution is -2.48. The number of hydrogen-bond donors (Lipinski definition) is 0. The molecule has 10 heteroatoms. The lowest BCUT2D eigenvalue weighted by molar-refractivity contribution is -0.420. The summed E-state index contributed by atoms with van der Waals surface area (Å²) < 4.78 is 0. The zero-order valence-corrected chi connectivity index (χ0v) is 15.5. The topological polar surface area (TPSA) is 131 Å². The summed E-state index contributed by atoms with van der Waals surface area (Å²) in [5, 5.41) is 31.6. The van der Waals surface area contributed by atoms with Crippen molar-refractivity contribution >= 4 is 22.9 Å². The second-order valence-electron chi connectivity index (χ2n) is 6.56. The number of nitrogens with one attached hydrogen (secondary N) is 1. The molecular weight excluding hydrogens is 364 g/mol. The normalized spacial score (nSPS) is 13.9. The maximum atomic E-state index is 11.3. The maximum Gasteiger partial charge on any atom is 0.315 e. The average Bonchev–Trinajstić information content (AvgIpc) is 2.67. The molecule has 0 radical (unpaired) electrons. The number of hydrogen-bond acceptors (Lipinski definition) is 7. The largest absolute Gasteiger partial charge is 0.364 e. The summed E-state index contributed by atoms with van der Waals surface area (Å²) in [6.45, 7) is 5.76. The van der Waals surface area contributed by atoms with Gasteiger partial charge in [0.25, 0.3) is 11.5 Å². The van der Waals surface area contributed by atoms with Crippen LogP contribution in [0.1, 0.15) is 16.8 Å². The molecule has 28 heavy (non-hydrogen) atoms. The molecule has 0 saturated carbocycles. The van der Waals surface area contributed by atoms with Gasteiger partial charge < -0.3 is 4.90 Å². The number of pyridine rings is 1. The van der Waals surface area contributed by atoms with Crippen molar-refractivity contribution in [3.63, 3.8) is 0 Å². The number of benzene rings is 1. The molecule has 0 unspecified atom stereocenters. The van der Waals surface area contributed by atoms with E-state index >= 15 is 0 Å². The fourth-order valence-electron chi connectivity index (χ4n) is 3.50. The van der Waals surface area contributed by atoms with E-state index in [1.54, 1.807) is 26.0 Å². The van der Waals surface area contributed by atoms with Gasteiger partial charge in [0.05, 0.1) is 28.5 Å². The van der Waals surface area contributed by atoms with Gasteiger partial charge in [-0.2, -0.15) is 5.26 Å². The second kappa shape index (κ2) is 7.48. The monoisotopic (exact) mass is 383 g/mol. The van der Waals surface area contributed by atoms with Gasteiger partial charge >= 0.3 is 5.69 Å². The first kappa shape index (κ1) is 19.0. The summed E-state index contributed by atoms with van der Waals surface area (Å²) in [5.74, 6) is 0.589. The number of rotatable bonds is 4. The summed E-state index contributed by atoms with van der Waals surface area (Å²) in [7, 11) is 0. The van der Waals surface area contributed by atoms with Gasteiger partial charge in [0, 0.05) is 24.7 Å². The van der Waals surface area contributed by atoms with E-state index in [1.807, 2.05) is 4.90 Å². The minimum atomic E-state index is -0.474. The number of non-ortho nitro benzene ring substituents is 1.